The summed E-state index contributed by atoms with van der Waals surface area (Å²) in [6.45, 7) is 6.21. The highest BCUT2D eigenvalue weighted by atomic mass is 16.3. The van der Waals surface area contributed by atoms with Gasteiger partial charge >= 0.3 is 0 Å². The normalized spacial score (nSPS) is 25.9. The number of rotatable bonds is 1. The van der Waals surface area contributed by atoms with Gasteiger partial charge in [0, 0.05) is 5.92 Å². The maximum absolute atomic E-state index is 9.50. The predicted octanol–water partition coefficient (Wildman–Crippen LogP) is 2.68. The Balaban J connectivity index is 2.69. The lowest BCUT2D eigenvalue weighted by atomic mass is 9.86. The Morgan fingerprint density at radius 2 is 2.09 bits per heavy atom. The summed E-state index contributed by atoms with van der Waals surface area (Å²) >= 11 is 0. The van der Waals surface area contributed by atoms with Gasteiger partial charge < -0.3 is 5.11 Å². The van der Waals surface area contributed by atoms with Crippen molar-refractivity contribution in [2.24, 2.45) is 11.8 Å². The van der Waals surface area contributed by atoms with Crippen molar-refractivity contribution < 1.29 is 5.11 Å². The van der Waals surface area contributed by atoms with Crippen LogP contribution in [-0.4, -0.2) is 5.11 Å². The zero-order valence-electron chi connectivity index (χ0n) is 7.33. The summed E-state index contributed by atoms with van der Waals surface area (Å²) in [6, 6.07) is 0. The van der Waals surface area contributed by atoms with Crippen molar-refractivity contribution in [3.05, 3.63) is 29.9 Å². The molecule has 0 spiro atoms. The van der Waals surface area contributed by atoms with Crippen LogP contribution in [0.3, 0.4) is 0 Å². The van der Waals surface area contributed by atoms with Crippen molar-refractivity contribution in [2.45, 2.75) is 20.8 Å². The molecule has 1 aliphatic carbocycles. The fourth-order valence-electron chi connectivity index (χ4n) is 1.30. The third kappa shape index (κ3) is 1.93. The van der Waals surface area contributed by atoms with E-state index in [1.807, 2.05) is 13.0 Å². The summed E-state index contributed by atoms with van der Waals surface area (Å²) in [7, 11) is 0. The smallest absolute Gasteiger partial charge is 0.123 e. The van der Waals surface area contributed by atoms with Gasteiger partial charge in [-0.15, -0.1) is 0 Å². The van der Waals surface area contributed by atoms with E-state index in [1.54, 1.807) is 0 Å². The summed E-state index contributed by atoms with van der Waals surface area (Å²) in [6.07, 6.45) is 6.46. The second kappa shape index (κ2) is 3.22. The first-order valence-corrected chi connectivity index (χ1v) is 4.03. The zero-order valence-corrected chi connectivity index (χ0v) is 7.33. The summed E-state index contributed by atoms with van der Waals surface area (Å²) in [5, 5.41) is 9.50. The molecule has 0 aromatic heterocycles. The summed E-state index contributed by atoms with van der Waals surface area (Å²) in [5.74, 6) is 0.703. The van der Waals surface area contributed by atoms with Crippen LogP contribution >= 0.6 is 0 Å². The van der Waals surface area contributed by atoms with Gasteiger partial charge in [-0.1, -0.05) is 31.6 Å². The Hall–Kier alpha value is -0.560. The van der Waals surface area contributed by atoms with Crippen LogP contribution < -0.4 is 0 Å². The third-order valence-corrected chi connectivity index (χ3v) is 2.00. The van der Waals surface area contributed by atoms with Gasteiger partial charge in [0.25, 0.3) is 0 Å². The highest BCUT2D eigenvalue weighted by molar-refractivity contribution is 5.30. The molecule has 0 aromatic carbocycles. The molecule has 1 aliphatic rings. The highest BCUT2D eigenvalue weighted by Crippen LogP contribution is 2.28. The molecule has 0 aromatic rings. The van der Waals surface area contributed by atoms with Crippen molar-refractivity contribution in [1.82, 2.24) is 0 Å². The van der Waals surface area contributed by atoms with Gasteiger partial charge in [-0.25, -0.2) is 0 Å². The van der Waals surface area contributed by atoms with E-state index >= 15 is 0 Å². The SMILES string of the molecule is CC1=C[C](O)C(C(C)C)C=C1. The molecule has 1 unspecified atom stereocenters. The van der Waals surface area contributed by atoms with Crippen molar-refractivity contribution in [1.29, 1.82) is 0 Å². The van der Waals surface area contributed by atoms with E-state index in [0.717, 1.165) is 5.57 Å². The van der Waals surface area contributed by atoms with E-state index in [2.05, 4.69) is 26.0 Å². The molecule has 1 nitrogen and oxygen atoms in total. The minimum absolute atomic E-state index is 0.221. The fraction of sp³-hybridized carbons (Fsp3) is 0.500. The minimum atomic E-state index is 0.221. The van der Waals surface area contributed by atoms with Crippen LogP contribution in [-0.2, 0) is 0 Å². The lowest BCUT2D eigenvalue weighted by molar-refractivity contribution is 0.250. The van der Waals surface area contributed by atoms with Crippen LogP contribution in [0.15, 0.2) is 23.8 Å². The Morgan fingerprint density at radius 3 is 2.55 bits per heavy atom. The Morgan fingerprint density at radius 1 is 1.45 bits per heavy atom. The van der Waals surface area contributed by atoms with Gasteiger partial charge in [-0.3, -0.25) is 0 Å². The molecular weight excluding hydrogens is 136 g/mol. The van der Waals surface area contributed by atoms with Crippen LogP contribution in [0.25, 0.3) is 0 Å². The maximum Gasteiger partial charge on any atom is 0.123 e. The number of allylic oxidation sites excluding steroid dienone is 2. The molecule has 0 aliphatic heterocycles. The summed E-state index contributed by atoms with van der Waals surface area (Å²) in [5.41, 5.74) is 1.12. The second-order valence-corrected chi connectivity index (χ2v) is 3.44. The molecule has 0 fully saturated rings. The van der Waals surface area contributed by atoms with Crippen LogP contribution in [0, 0.1) is 17.9 Å². The molecule has 0 saturated heterocycles. The van der Waals surface area contributed by atoms with Crippen molar-refractivity contribution in [3.8, 4) is 0 Å². The molecule has 0 heterocycles. The molecule has 1 rings (SSSR count). The van der Waals surface area contributed by atoms with E-state index in [0.29, 0.717) is 12.0 Å². The van der Waals surface area contributed by atoms with E-state index in [9.17, 15) is 5.11 Å². The van der Waals surface area contributed by atoms with Crippen LogP contribution in [0.2, 0.25) is 0 Å². The topological polar surface area (TPSA) is 20.2 Å². The van der Waals surface area contributed by atoms with Crippen molar-refractivity contribution in [2.75, 3.05) is 0 Å². The quantitative estimate of drug-likeness (QED) is 0.611. The lowest BCUT2D eigenvalue weighted by Crippen LogP contribution is -2.16. The number of hydrogen-bond acceptors (Lipinski definition) is 1. The standard InChI is InChI=1S/C10H15O/c1-7(2)9-5-4-8(3)6-10(9)11/h4-7,9,11H,1-3H3. The van der Waals surface area contributed by atoms with Gasteiger partial charge in [0.1, 0.15) is 6.10 Å². The van der Waals surface area contributed by atoms with Crippen LogP contribution in [0.1, 0.15) is 20.8 Å². The molecule has 0 bridgehead atoms. The molecule has 0 amide bonds. The predicted molar refractivity (Wildman–Crippen MR) is 46.4 cm³/mol. The molecular formula is C10H15O. The maximum atomic E-state index is 9.50. The first kappa shape index (κ1) is 8.54. The monoisotopic (exact) mass is 151 g/mol. The van der Waals surface area contributed by atoms with Gasteiger partial charge in [0.05, 0.1) is 0 Å². The van der Waals surface area contributed by atoms with Gasteiger partial charge in [-0.05, 0) is 18.9 Å². The largest absolute Gasteiger partial charge is 0.382 e. The molecule has 1 heteroatoms. The fourth-order valence-corrected chi connectivity index (χ4v) is 1.30. The summed E-state index contributed by atoms with van der Waals surface area (Å²) < 4.78 is 0. The van der Waals surface area contributed by atoms with Gasteiger partial charge in [-0.2, -0.15) is 0 Å². The Kier molecular flexibility index (Phi) is 2.50. The number of hydrogen-bond donors (Lipinski definition) is 1. The van der Waals surface area contributed by atoms with E-state index in [-0.39, 0.29) is 5.92 Å². The number of aliphatic hydroxyl groups is 1. The summed E-state index contributed by atoms with van der Waals surface area (Å²) in [4.78, 5) is 0. The molecule has 1 N–H and O–H groups in total. The van der Waals surface area contributed by atoms with E-state index in [1.165, 1.54) is 0 Å². The molecule has 1 radical (unpaired) electrons. The zero-order chi connectivity index (χ0) is 8.43. The van der Waals surface area contributed by atoms with Crippen LogP contribution in [0.4, 0.5) is 0 Å². The number of aliphatic hydroxyl groups excluding tert-OH is 1. The third-order valence-electron chi connectivity index (χ3n) is 2.00. The van der Waals surface area contributed by atoms with E-state index in [4.69, 9.17) is 0 Å². The Labute approximate surface area is 68.4 Å². The first-order chi connectivity index (χ1) is 5.11. The molecule has 61 valence electrons. The van der Waals surface area contributed by atoms with E-state index < -0.39 is 0 Å². The minimum Gasteiger partial charge on any atom is -0.382 e. The lowest BCUT2D eigenvalue weighted by Gasteiger charge is -2.23. The van der Waals surface area contributed by atoms with Crippen molar-refractivity contribution >= 4 is 0 Å². The molecule has 1 atom stereocenters. The Bertz CT molecular complexity index is 189. The van der Waals surface area contributed by atoms with Crippen LogP contribution in [0.5, 0.6) is 0 Å². The highest BCUT2D eigenvalue weighted by Gasteiger charge is 2.21. The van der Waals surface area contributed by atoms with Gasteiger partial charge in [0.2, 0.25) is 0 Å². The van der Waals surface area contributed by atoms with Crippen molar-refractivity contribution in [3.63, 3.8) is 0 Å². The second-order valence-electron chi connectivity index (χ2n) is 3.44. The average Bonchev–Trinajstić information content (AvgIpc) is 1.85. The van der Waals surface area contributed by atoms with Gasteiger partial charge in [0.15, 0.2) is 0 Å². The molecule has 0 saturated carbocycles. The average molecular weight is 151 g/mol. The first-order valence-electron chi connectivity index (χ1n) is 4.03. The molecule has 11 heavy (non-hydrogen) atoms.